The first-order valence-corrected chi connectivity index (χ1v) is 14.1. The van der Waals surface area contributed by atoms with Gasteiger partial charge in [0.25, 0.3) is 5.91 Å². The molecule has 34 heavy (non-hydrogen) atoms. The van der Waals surface area contributed by atoms with Crippen molar-refractivity contribution in [3.05, 3.63) is 53.1 Å². The maximum Gasteiger partial charge on any atom is 0.261 e. The van der Waals surface area contributed by atoms with Crippen LogP contribution in [-0.4, -0.2) is 69.4 Å². The minimum atomic E-state index is -3.55. The molecule has 0 unspecified atom stereocenters. The van der Waals surface area contributed by atoms with Crippen molar-refractivity contribution in [3.8, 4) is 0 Å². The molecular formula is C25H31N3O4S2. The van der Waals surface area contributed by atoms with Gasteiger partial charge in [0.2, 0.25) is 0 Å². The summed E-state index contributed by atoms with van der Waals surface area (Å²) in [5, 5.41) is 0.593. The molecule has 7 nitrogen and oxygen atoms in total. The van der Waals surface area contributed by atoms with Gasteiger partial charge in [-0.2, -0.15) is 0 Å². The molecule has 1 aliphatic heterocycles. The highest BCUT2D eigenvalue weighted by molar-refractivity contribution is 7.91. The number of aromatic nitrogens is 1. The first-order chi connectivity index (χ1) is 16.3. The summed E-state index contributed by atoms with van der Waals surface area (Å²) >= 11 is 1.47. The van der Waals surface area contributed by atoms with E-state index in [1.165, 1.54) is 23.0 Å². The smallest absolute Gasteiger partial charge is 0.261 e. The summed E-state index contributed by atoms with van der Waals surface area (Å²) in [4.78, 5) is 22.7. The number of benzene rings is 2. The number of morpholine rings is 1. The molecule has 1 fully saturated rings. The highest BCUT2D eigenvalue weighted by Gasteiger charge is 2.27. The van der Waals surface area contributed by atoms with Crippen LogP contribution in [0.3, 0.4) is 0 Å². The molecule has 182 valence electrons. The Hall–Kier alpha value is -2.33. The Balaban J connectivity index is 1.68. The van der Waals surface area contributed by atoms with Crippen LogP contribution in [-0.2, 0) is 14.6 Å². The Morgan fingerprint density at radius 3 is 2.59 bits per heavy atom. The van der Waals surface area contributed by atoms with Gasteiger partial charge in [0.05, 0.1) is 39.6 Å². The minimum absolute atomic E-state index is 0.0615. The lowest BCUT2D eigenvalue weighted by atomic mass is 10.1. The summed E-state index contributed by atoms with van der Waals surface area (Å²) in [6, 6.07) is 10.6. The largest absolute Gasteiger partial charge is 0.379 e. The van der Waals surface area contributed by atoms with Crippen LogP contribution < -0.4 is 4.90 Å². The normalized spacial score (nSPS) is 15.0. The van der Waals surface area contributed by atoms with E-state index in [4.69, 9.17) is 9.72 Å². The van der Waals surface area contributed by atoms with E-state index in [0.29, 0.717) is 11.7 Å². The Morgan fingerprint density at radius 2 is 1.85 bits per heavy atom. The summed E-state index contributed by atoms with van der Waals surface area (Å²) in [7, 11) is -3.55. The topological polar surface area (TPSA) is 79.8 Å². The third kappa shape index (κ3) is 5.33. The zero-order chi connectivity index (χ0) is 24.3. The number of amides is 1. The lowest BCUT2D eigenvalue weighted by Gasteiger charge is -2.28. The standard InChI is InChI=1S/C25H31N3O4S2/c1-4-34(30,31)23-9-6-5-8-20(23)24(29)28(11-7-10-27-12-14-32-15-13-27)25-26-21-16-18(2)19(3)17-22(21)33-25/h5-6,8-9,16-17H,4,7,10-15H2,1-3H3. The quantitative estimate of drug-likeness (QED) is 0.463. The molecule has 2 aromatic carbocycles. The van der Waals surface area contributed by atoms with Gasteiger partial charge in [-0.25, -0.2) is 13.4 Å². The molecule has 2 heterocycles. The third-order valence-corrected chi connectivity index (χ3v) is 9.09. The van der Waals surface area contributed by atoms with E-state index in [9.17, 15) is 13.2 Å². The minimum Gasteiger partial charge on any atom is -0.379 e. The monoisotopic (exact) mass is 501 g/mol. The molecule has 0 spiro atoms. The number of hydrogen-bond acceptors (Lipinski definition) is 7. The van der Waals surface area contributed by atoms with Crippen molar-refractivity contribution in [1.29, 1.82) is 0 Å². The number of carbonyl (C=O) groups excluding carboxylic acids is 1. The number of nitrogens with zero attached hydrogens (tertiary/aromatic N) is 3. The van der Waals surface area contributed by atoms with Crippen molar-refractivity contribution in [2.45, 2.75) is 32.1 Å². The summed E-state index contributed by atoms with van der Waals surface area (Å²) in [6.45, 7) is 10.2. The van der Waals surface area contributed by atoms with Crippen LogP contribution in [0.2, 0.25) is 0 Å². The van der Waals surface area contributed by atoms with Crippen LogP contribution in [0.25, 0.3) is 10.2 Å². The molecular weight excluding hydrogens is 470 g/mol. The molecule has 0 atom stereocenters. The van der Waals surface area contributed by atoms with E-state index in [0.717, 1.165) is 55.0 Å². The number of carbonyl (C=O) groups is 1. The summed E-state index contributed by atoms with van der Waals surface area (Å²) in [5.41, 5.74) is 3.37. The average molecular weight is 502 g/mol. The fraction of sp³-hybridized carbons (Fsp3) is 0.440. The van der Waals surface area contributed by atoms with Gasteiger partial charge < -0.3 is 4.74 Å². The molecule has 0 aliphatic carbocycles. The third-order valence-electron chi connectivity index (χ3n) is 6.26. The van der Waals surface area contributed by atoms with Crippen molar-refractivity contribution in [3.63, 3.8) is 0 Å². The van der Waals surface area contributed by atoms with Gasteiger partial charge in [0, 0.05) is 26.2 Å². The maximum absolute atomic E-state index is 13.8. The molecule has 0 radical (unpaired) electrons. The Morgan fingerprint density at radius 1 is 1.15 bits per heavy atom. The number of fused-ring (bicyclic) bond motifs is 1. The molecule has 1 aliphatic rings. The highest BCUT2D eigenvalue weighted by Crippen LogP contribution is 2.32. The van der Waals surface area contributed by atoms with Crippen LogP contribution in [0.4, 0.5) is 5.13 Å². The molecule has 4 rings (SSSR count). The number of aryl methyl sites for hydroxylation is 2. The molecule has 1 amide bonds. The highest BCUT2D eigenvalue weighted by atomic mass is 32.2. The van der Waals surface area contributed by atoms with E-state index >= 15 is 0 Å². The lowest BCUT2D eigenvalue weighted by molar-refractivity contribution is 0.0376. The zero-order valence-electron chi connectivity index (χ0n) is 19.9. The number of ether oxygens (including phenoxy) is 1. The molecule has 0 bridgehead atoms. The van der Waals surface area contributed by atoms with Crippen molar-refractivity contribution in [2.24, 2.45) is 0 Å². The second kappa shape index (κ2) is 10.5. The lowest BCUT2D eigenvalue weighted by Crippen LogP contribution is -2.39. The fourth-order valence-electron chi connectivity index (χ4n) is 4.06. The van der Waals surface area contributed by atoms with Crippen molar-refractivity contribution in [1.82, 2.24) is 9.88 Å². The SMILES string of the molecule is CCS(=O)(=O)c1ccccc1C(=O)N(CCCN1CCOCC1)c1nc2cc(C)c(C)cc2s1. The van der Waals surface area contributed by atoms with Crippen molar-refractivity contribution >= 4 is 42.4 Å². The second-order valence-electron chi connectivity index (χ2n) is 8.56. The molecule has 0 N–H and O–H groups in total. The van der Waals surface area contributed by atoms with Gasteiger partial charge in [0.15, 0.2) is 15.0 Å². The number of rotatable bonds is 8. The summed E-state index contributed by atoms with van der Waals surface area (Å²) in [6.07, 6.45) is 0.752. The van der Waals surface area contributed by atoms with E-state index in [-0.39, 0.29) is 22.1 Å². The fourth-order valence-corrected chi connectivity index (χ4v) is 6.22. The number of hydrogen-bond donors (Lipinski definition) is 0. The predicted molar refractivity (Wildman–Crippen MR) is 137 cm³/mol. The van der Waals surface area contributed by atoms with Crippen LogP contribution in [0.15, 0.2) is 41.3 Å². The van der Waals surface area contributed by atoms with Crippen LogP contribution >= 0.6 is 11.3 Å². The average Bonchev–Trinajstić information content (AvgIpc) is 3.24. The van der Waals surface area contributed by atoms with Gasteiger partial charge in [-0.05, 0) is 55.7 Å². The Kier molecular flexibility index (Phi) is 7.67. The molecule has 9 heteroatoms. The van der Waals surface area contributed by atoms with E-state index < -0.39 is 9.84 Å². The van der Waals surface area contributed by atoms with Gasteiger partial charge >= 0.3 is 0 Å². The predicted octanol–water partition coefficient (Wildman–Crippen LogP) is 4.08. The first-order valence-electron chi connectivity index (χ1n) is 11.6. The van der Waals surface area contributed by atoms with Gasteiger partial charge in [-0.3, -0.25) is 14.6 Å². The molecule has 1 saturated heterocycles. The van der Waals surface area contributed by atoms with Crippen molar-refractivity contribution < 1.29 is 17.9 Å². The number of sulfone groups is 1. The Bertz CT molecular complexity index is 1240. The van der Waals surface area contributed by atoms with E-state index in [2.05, 4.69) is 17.9 Å². The van der Waals surface area contributed by atoms with Gasteiger partial charge in [-0.15, -0.1) is 0 Å². The van der Waals surface area contributed by atoms with Gasteiger partial charge in [-0.1, -0.05) is 30.4 Å². The first kappa shape index (κ1) is 24.8. The second-order valence-corrected chi connectivity index (χ2v) is 11.8. The van der Waals surface area contributed by atoms with Crippen LogP contribution in [0, 0.1) is 13.8 Å². The van der Waals surface area contributed by atoms with Crippen LogP contribution in [0.5, 0.6) is 0 Å². The number of thiazole rings is 1. The summed E-state index contributed by atoms with van der Waals surface area (Å²) in [5.74, 6) is -0.393. The molecule has 1 aromatic heterocycles. The maximum atomic E-state index is 13.8. The van der Waals surface area contributed by atoms with E-state index in [1.54, 1.807) is 30.0 Å². The number of anilines is 1. The zero-order valence-corrected chi connectivity index (χ0v) is 21.5. The summed E-state index contributed by atoms with van der Waals surface area (Å²) < 4.78 is 31.9. The van der Waals surface area contributed by atoms with Crippen molar-refractivity contribution in [2.75, 3.05) is 50.0 Å². The van der Waals surface area contributed by atoms with Crippen LogP contribution in [0.1, 0.15) is 34.8 Å². The van der Waals surface area contributed by atoms with E-state index in [1.807, 2.05) is 13.0 Å². The molecule has 3 aromatic rings. The van der Waals surface area contributed by atoms with Gasteiger partial charge in [0.1, 0.15) is 0 Å². The Labute approximate surface area is 205 Å². The molecule has 0 saturated carbocycles.